The Labute approximate surface area is 163 Å². The topological polar surface area (TPSA) is 63.6 Å². The van der Waals surface area contributed by atoms with Gasteiger partial charge in [0.05, 0.1) is 6.61 Å². The number of rotatable bonds is 5. The van der Waals surface area contributed by atoms with Crippen molar-refractivity contribution in [1.29, 1.82) is 0 Å². The second kappa shape index (κ2) is 7.41. The number of ether oxygens (including phenoxy) is 1. The summed E-state index contributed by atoms with van der Waals surface area (Å²) in [7, 11) is 0. The third kappa shape index (κ3) is 2.92. The zero-order valence-corrected chi connectivity index (χ0v) is 15.6. The first-order valence-corrected chi connectivity index (χ1v) is 9.34. The Morgan fingerprint density at radius 3 is 2.11 bits per heavy atom. The molecule has 0 unspecified atom stereocenters. The zero-order chi connectivity index (χ0) is 19.7. The molecule has 28 heavy (non-hydrogen) atoms. The van der Waals surface area contributed by atoms with Crippen LogP contribution < -0.4 is 4.74 Å². The molecule has 0 radical (unpaired) electrons. The van der Waals surface area contributed by atoms with E-state index in [1.165, 1.54) is 0 Å². The van der Waals surface area contributed by atoms with Crippen molar-refractivity contribution in [2.24, 2.45) is 0 Å². The monoisotopic (exact) mass is 372 g/mol. The summed E-state index contributed by atoms with van der Waals surface area (Å²) in [6.07, 6.45) is 0.745. The summed E-state index contributed by atoms with van der Waals surface area (Å²) >= 11 is 0. The Balaban J connectivity index is 1.89. The second-order valence-electron chi connectivity index (χ2n) is 6.68. The van der Waals surface area contributed by atoms with E-state index in [0.29, 0.717) is 28.0 Å². The summed E-state index contributed by atoms with van der Waals surface area (Å²) in [5.74, 6) is 0.418. The van der Waals surface area contributed by atoms with E-state index in [9.17, 15) is 9.59 Å². The van der Waals surface area contributed by atoms with Crippen molar-refractivity contribution in [3.05, 3.63) is 88.5 Å². The molecular weight excluding hydrogens is 352 g/mol. The molecular formula is C24H20O4. The molecule has 3 aromatic carbocycles. The third-order valence-electron chi connectivity index (χ3n) is 5.06. The quantitative estimate of drug-likeness (QED) is 0.574. The number of hydrogen-bond acceptors (Lipinski definition) is 4. The number of aliphatic hydroxyl groups excluding tert-OH is 1. The molecule has 0 atom stereocenters. The van der Waals surface area contributed by atoms with Gasteiger partial charge in [0.1, 0.15) is 12.4 Å². The van der Waals surface area contributed by atoms with Crippen molar-refractivity contribution in [2.75, 3.05) is 13.2 Å². The van der Waals surface area contributed by atoms with Gasteiger partial charge < -0.3 is 9.84 Å². The highest BCUT2D eigenvalue weighted by Gasteiger charge is 2.32. The Hall–Kier alpha value is -3.24. The van der Waals surface area contributed by atoms with Gasteiger partial charge in [-0.1, -0.05) is 49.4 Å². The van der Waals surface area contributed by atoms with Gasteiger partial charge in [0, 0.05) is 22.3 Å². The van der Waals surface area contributed by atoms with Gasteiger partial charge in [-0.2, -0.15) is 0 Å². The van der Waals surface area contributed by atoms with Crippen LogP contribution in [-0.2, 0) is 6.42 Å². The molecule has 4 nitrogen and oxygen atoms in total. The molecule has 0 heterocycles. The van der Waals surface area contributed by atoms with Gasteiger partial charge >= 0.3 is 0 Å². The number of hydrogen-bond donors (Lipinski definition) is 1. The first-order valence-electron chi connectivity index (χ1n) is 9.34. The van der Waals surface area contributed by atoms with Crippen LogP contribution in [0.4, 0.5) is 0 Å². The average Bonchev–Trinajstić information content (AvgIpc) is 2.75. The van der Waals surface area contributed by atoms with Gasteiger partial charge in [-0.25, -0.2) is 0 Å². The standard InChI is InChI=1S/C24H20O4/c1-2-15-9-12-20-22(24(27)19-6-4-3-5-18(19)23(20)26)21(15)16-7-10-17(11-8-16)28-14-13-25/h3-12,25H,2,13-14H2,1H3. The maximum absolute atomic E-state index is 13.3. The molecule has 1 aliphatic rings. The number of benzene rings is 3. The molecule has 0 aliphatic heterocycles. The summed E-state index contributed by atoms with van der Waals surface area (Å²) in [6, 6.07) is 18.1. The fourth-order valence-corrected chi connectivity index (χ4v) is 3.74. The minimum atomic E-state index is -0.115. The van der Waals surface area contributed by atoms with Crippen molar-refractivity contribution in [3.63, 3.8) is 0 Å². The second-order valence-corrected chi connectivity index (χ2v) is 6.68. The molecule has 4 rings (SSSR count). The summed E-state index contributed by atoms with van der Waals surface area (Å²) < 4.78 is 5.43. The number of carbonyl (C=O) groups is 2. The van der Waals surface area contributed by atoms with Gasteiger partial charge in [0.25, 0.3) is 0 Å². The van der Waals surface area contributed by atoms with Crippen molar-refractivity contribution >= 4 is 11.6 Å². The van der Waals surface area contributed by atoms with Gasteiger partial charge in [-0.15, -0.1) is 0 Å². The van der Waals surface area contributed by atoms with E-state index < -0.39 is 0 Å². The van der Waals surface area contributed by atoms with Crippen LogP contribution in [0, 0.1) is 0 Å². The molecule has 1 N–H and O–H groups in total. The highest BCUT2D eigenvalue weighted by atomic mass is 16.5. The normalized spacial score (nSPS) is 12.5. The van der Waals surface area contributed by atoms with E-state index in [1.54, 1.807) is 30.3 Å². The molecule has 0 saturated carbocycles. The Morgan fingerprint density at radius 1 is 0.786 bits per heavy atom. The number of aryl methyl sites for hydroxylation is 1. The fraction of sp³-hybridized carbons (Fsp3) is 0.167. The largest absolute Gasteiger partial charge is 0.491 e. The van der Waals surface area contributed by atoms with Crippen LogP contribution in [-0.4, -0.2) is 29.9 Å². The van der Waals surface area contributed by atoms with Crippen LogP contribution in [0.5, 0.6) is 5.75 Å². The lowest BCUT2D eigenvalue weighted by Gasteiger charge is -2.22. The van der Waals surface area contributed by atoms with Gasteiger partial charge in [-0.3, -0.25) is 9.59 Å². The van der Waals surface area contributed by atoms with Crippen molar-refractivity contribution in [1.82, 2.24) is 0 Å². The summed E-state index contributed by atoms with van der Waals surface area (Å²) in [4.78, 5) is 26.3. The smallest absolute Gasteiger partial charge is 0.195 e. The van der Waals surface area contributed by atoms with E-state index in [4.69, 9.17) is 9.84 Å². The third-order valence-corrected chi connectivity index (χ3v) is 5.06. The molecule has 0 fully saturated rings. The predicted octanol–water partition coefficient (Wildman–Crippen LogP) is 4.06. The Morgan fingerprint density at radius 2 is 1.46 bits per heavy atom. The molecule has 0 saturated heterocycles. The highest BCUT2D eigenvalue weighted by Crippen LogP contribution is 2.37. The molecule has 3 aromatic rings. The van der Waals surface area contributed by atoms with Gasteiger partial charge in [0.15, 0.2) is 11.6 Å². The van der Waals surface area contributed by atoms with E-state index in [0.717, 1.165) is 23.1 Å². The van der Waals surface area contributed by atoms with Crippen LogP contribution in [0.2, 0.25) is 0 Å². The Kier molecular flexibility index (Phi) is 4.80. The van der Waals surface area contributed by atoms with E-state index in [2.05, 4.69) is 0 Å². The highest BCUT2D eigenvalue weighted by molar-refractivity contribution is 6.30. The first-order chi connectivity index (χ1) is 13.7. The van der Waals surface area contributed by atoms with E-state index >= 15 is 0 Å². The van der Waals surface area contributed by atoms with Crippen LogP contribution in [0.25, 0.3) is 11.1 Å². The Bertz CT molecular complexity index is 1060. The van der Waals surface area contributed by atoms with Crippen LogP contribution in [0.1, 0.15) is 44.3 Å². The first kappa shape index (κ1) is 18.1. The summed E-state index contributed by atoms with van der Waals surface area (Å²) in [5.41, 5.74) is 4.54. The van der Waals surface area contributed by atoms with Gasteiger partial charge in [0.2, 0.25) is 0 Å². The minimum Gasteiger partial charge on any atom is -0.491 e. The number of carbonyl (C=O) groups excluding carboxylic acids is 2. The maximum atomic E-state index is 13.3. The van der Waals surface area contributed by atoms with Gasteiger partial charge in [-0.05, 0) is 41.3 Å². The number of fused-ring (bicyclic) bond motifs is 2. The minimum absolute atomic E-state index is 0.0516. The average molecular weight is 372 g/mol. The maximum Gasteiger partial charge on any atom is 0.195 e. The predicted molar refractivity (Wildman–Crippen MR) is 107 cm³/mol. The molecule has 0 bridgehead atoms. The molecule has 1 aliphatic carbocycles. The summed E-state index contributed by atoms with van der Waals surface area (Å²) in [6.45, 7) is 2.21. The zero-order valence-electron chi connectivity index (χ0n) is 15.6. The van der Waals surface area contributed by atoms with Crippen molar-refractivity contribution in [2.45, 2.75) is 13.3 Å². The number of aliphatic hydroxyl groups is 1. The molecule has 0 aromatic heterocycles. The van der Waals surface area contributed by atoms with Crippen LogP contribution in [0.3, 0.4) is 0 Å². The van der Waals surface area contributed by atoms with E-state index in [-0.39, 0.29) is 24.8 Å². The molecule has 0 amide bonds. The lowest BCUT2D eigenvalue weighted by molar-refractivity contribution is 0.0979. The van der Waals surface area contributed by atoms with E-state index in [1.807, 2.05) is 37.3 Å². The van der Waals surface area contributed by atoms with Crippen molar-refractivity contribution < 1.29 is 19.4 Å². The SMILES string of the molecule is CCc1ccc2c(c1-c1ccc(OCCO)cc1)C(=O)c1ccccc1C2=O. The molecule has 0 spiro atoms. The van der Waals surface area contributed by atoms with Crippen LogP contribution in [0.15, 0.2) is 60.7 Å². The summed E-state index contributed by atoms with van der Waals surface area (Å²) in [5, 5.41) is 8.90. The van der Waals surface area contributed by atoms with Crippen molar-refractivity contribution in [3.8, 4) is 16.9 Å². The molecule has 140 valence electrons. The lowest BCUT2D eigenvalue weighted by atomic mass is 9.78. The molecule has 4 heteroatoms. The lowest BCUT2D eigenvalue weighted by Crippen LogP contribution is -2.22. The number of ketones is 2. The van der Waals surface area contributed by atoms with Crippen LogP contribution >= 0.6 is 0 Å². The fourth-order valence-electron chi connectivity index (χ4n) is 3.74.